The van der Waals surface area contributed by atoms with Gasteiger partial charge in [-0.2, -0.15) is 0 Å². The average Bonchev–Trinajstić information content (AvgIpc) is 3.10. The number of hydrogen-bond donors (Lipinski definition) is 0. The van der Waals surface area contributed by atoms with Crippen molar-refractivity contribution in [3.05, 3.63) is 52.1 Å². The molecular formula is C18H14O6. The molecule has 0 unspecified atom stereocenters. The smallest absolute Gasteiger partial charge is 0.335 e. The zero-order valence-corrected chi connectivity index (χ0v) is 13.0. The number of hydrogen-bond acceptors (Lipinski definition) is 6. The van der Waals surface area contributed by atoms with Crippen molar-refractivity contribution in [2.45, 2.75) is 19.3 Å². The summed E-state index contributed by atoms with van der Waals surface area (Å²) in [6, 6.07) is 6.79. The topological polar surface area (TPSA) is 78.9 Å². The molecule has 0 bridgehead atoms. The first-order chi connectivity index (χ1) is 11.5. The molecule has 1 aromatic rings. The van der Waals surface area contributed by atoms with E-state index in [1.807, 2.05) is 0 Å². The van der Waals surface area contributed by atoms with Gasteiger partial charge in [-0.15, -0.1) is 0 Å². The predicted molar refractivity (Wildman–Crippen MR) is 81.1 cm³/mol. The molecule has 122 valence electrons. The lowest BCUT2D eigenvalue weighted by Crippen LogP contribution is -2.19. The molecule has 0 saturated carbocycles. The van der Waals surface area contributed by atoms with Crippen molar-refractivity contribution in [3.63, 3.8) is 0 Å². The lowest BCUT2D eigenvalue weighted by atomic mass is 9.76. The maximum absolute atomic E-state index is 12.2. The summed E-state index contributed by atoms with van der Waals surface area (Å²) in [5, 5.41) is 0. The van der Waals surface area contributed by atoms with Gasteiger partial charge in [-0.25, -0.2) is 9.59 Å². The van der Waals surface area contributed by atoms with Gasteiger partial charge in [0, 0.05) is 12.8 Å². The highest BCUT2D eigenvalue weighted by atomic mass is 16.5. The minimum absolute atomic E-state index is 0.265. The van der Waals surface area contributed by atoms with Gasteiger partial charge in [0.2, 0.25) is 0 Å². The Kier molecular flexibility index (Phi) is 3.26. The van der Waals surface area contributed by atoms with Crippen LogP contribution < -0.4 is 4.74 Å². The average molecular weight is 326 g/mol. The van der Waals surface area contributed by atoms with Crippen LogP contribution in [0.3, 0.4) is 0 Å². The molecule has 0 fully saturated rings. The summed E-state index contributed by atoms with van der Waals surface area (Å²) >= 11 is 0. The molecule has 0 amide bonds. The second-order valence-corrected chi connectivity index (χ2v) is 5.96. The minimum Gasteiger partial charge on any atom is -0.458 e. The van der Waals surface area contributed by atoms with E-state index in [-0.39, 0.29) is 25.2 Å². The lowest BCUT2D eigenvalue weighted by Gasteiger charge is -2.23. The Balaban J connectivity index is 1.77. The Morgan fingerprint density at radius 1 is 1.00 bits per heavy atom. The number of esters is 3. The van der Waals surface area contributed by atoms with E-state index in [0.717, 1.165) is 16.7 Å². The molecule has 2 heterocycles. The standard InChI is InChI=1S/C18H14O6/c1-9(19)24-13-4-2-10(3-5-13)14-15-11(7-22-17(15)20)6-12-8-23-18(21)16(12)14/h2-5,14H,6-8H2,1H3. The number of ether oxygens (including phenoxy) is 3. The highest BCUT2D eigenvalue weighted by Gasteiger charge is 2.44. The first kappa shape index (κ1) is 14.7. The molecule has 0 aromatic heterocycles. The second kappa shape index (κ2) is 5.33. The maximum Gasteiger partial charge on any atom is 0.335 e. The third-order valence-electron chi connectivity index (χ3n) is 4.44. The Labute approximate surface area is 137 Å². The number of carbonyl (C=O) groups excluding carboxylic acids is 3. The molecule has 0 atom stereocenters. The van der Waals surface area contributed by atoms with Gasteiger partial charge in [-0.3, -0.25) is 4.79 Å². The lowest BCUT2D eigenvalue weighted by molar-refractivity contribution is -0.136. The van der Waals surface area contributed by atoms with Crippen LogP contribution in [-0.4, -0.2) is 31.1 Å². The summed E-state index contributed by atoms with van der Waals surface area (Å²) in [5.74, 6) is -1.25. The molecule has 6 nitrogen and oxygen atoms in total. The SMILES string of the molecule is CC(=O)Oc1ccc(C2C3=C(COC3=O)CC3=C2C(=O)OC3)cc1. The molecule has 0 saturated heterocycles. The number of rotatable bonds is 2. The van der Waals surface area contributed by atoms with Crippen molar-refractivity contribution in [3.8, 4) is 5.75 Å². The zero-order chi connectivity index (χ0) is 16.8. The molecule has 0 spiro atoms. The summed E-state index contributed by atoms with van der Waals surface area (Å²) in [4.78, 5) is 35.4. The molecule has 4 rings (SSSR count). The first-order valence-corrected chi connectivity index (χ1v) is 7.61. The van der Waals surface area contributed by atoms with E-state index in [9.17, 15) is 14.4 Å². The molecule has 0 radical (unpaired) electrons. The van der Waals surface area contributed by atoms with Crippen LogP contribution in [0.5, 0.6) is 5.75 Å². The zero-order valence-electron chi connectivity index (χ0n) is 13.0. The number of benzene rings is 1. The summed E-state index contributed by atoms with van der Waals surface area (Å²) < 4.78 is 15.4. The van der Waals surface area contributed by atoms with Gasteiger partial charge >= 0.3 is 17.9 Å². The quantitative estimate of drug-likeness (QED) is 0.609. The van der Waals surface area contributed by atoms with Crippen molar-refractivity contribution in [1.82, 2.24) is 0 Å². The van der Waals surface area contributed by atoms with Crippen molar-refractivity contribution < 1.29 is 28.6 Å². The van der Waals surface area contributed by atoms with E-state index < -0.39 is 11.9 Å². The van der Waals surface area contributed by atoms with E-state index in [1.54, 1.807) is 24.3 Å². The molecule has 2 aliphatic heterocycles. The van der Waals surface area contributed by atoms with E-state index in [2.05, 4.69) is 0 Å². The molecule has 3 aliphatic rings. The Hall–Kier alpha value is -2.89. The van der Waals surface area contributed by atoms with Crippen LogP contribution in [0.15, 0.2) is 46.6 Å². The van der Waals surface area contributed by atoms with Gasteiger partial charge < -0.3 is 14.2 Å². The van der Waals surface area contributed by atoms with Crippen molar-refractivity contribution in [1.29, 1.82) is 0 Å². The van der Waals surface area contributed by atoms with Crippen molar-refractivity contribution in [2.24, 2.45) is 0 Å². The molecule has 24 heavy (non-hydrogen) atoms. The summed E-state index contributed by atoms with van der Waals surface area (Å²) in [5.41, 5.74) is 3.65. The van der Waals surface area contributed by atoms with Crippen LogP contribution in [0.4, 0.5) is 0 Å². The predicted octanol–water partition coefficient (Wildman–Crippen LogP) is 1.81. The fourth-order valence-corrected chi connectivity index (χ4v) is 3.47. The highest BCUT2D eigenvalue weighted by Crippen LogP contribution is 2.47. The highest BCUT2D eigenvalue weighted by molar-refractivity contribution is 6.02. The van der Waals surface area contributed by atoms with Gasteiger partial charge in [0.05, 0.1) is 11.1 Å². The molecule has 6 heteroatoms. The Bertz CT molecular complexity index is 788. The van der Waals surface area contributed by atoms with Gasteiger partial charge in [-0.05, 0) is 35.3 Å². The van der Waals surface area contributed by atoms with Crippen LogP contribution in [0.1, 0.15) is 24.8 Å². The fourth-order valence-electron chi connectivity index (χ4n) is 3.47. The molecule has 1 aromatic carbocycles. The van der Waals surface area contributed by atoms with Crippen LogP contribution in [0.25, 0.3) is 0 Å². The maximum atomic E-state index is 12.2. The second-order valence-electron chi connectivity index (χ2n) is 5.96. The molecule has 1 aliphatic carbocycles. The Morgan fingerprint density at radius 2 is 1.54 bits per heavy atom. The van der Waals surface area contributed by atoms with E-state index in [0.29, 0.717) is 23.3 Å². The number of carbonyl (C=O) groups is 3. The Morgan fingerprint density at radius 3 is 2.04 bits per heavy atom. The minimum atomic E-state index is -0.486. The summed E-state index contributed by atoms with van der Waals surface area (Å²) in [6.45, 7) is 1.86. The normalized spacial score (nSPS) is 19.9. The van der Waals surface area contributed by atoms with E-state index in [1.165, 1.54) is 6.92 Å². The van der Waals surface area contributed by atoms with Crippen molar-refractivity contribution >= 4 is 17.9 Å². The van der Waals surface area contributed by atoms with Gasteiger partial charge in [0.1, 0.15) is 19.0 Å². The van der Waals surface area contributed by atoms with Crippen LogP contribution in [0, 0.1) is 0 Å². The fraction of sp³-hybridized carbons (Fsp3) is 0.278. The van der Waals surface area contributed by atoms with Gasteiger partial charge in [0.25, 0.3) is 0 Å². The molecule has 0 N–H and O–H groups in total. The first-order valence-electron chi connectivity index (χ1n) is 7.61. The van der Waals surface area contributed by atoms with E-state index in [4.69, 9.17) is 14.2 Å². The monoisotopic (exact) mass is 326 g/mol. The third-order valence-corrected chi connectivity index (χ3v) is 4.44. The number of cyclic esters (lactones) is 2. The van der Waals surface area contributed by atoms with Crippen LogP contribution in [0.2, 0.25) is 0 Å². The molecular weight excluding hydrogens is 312 g/mol. The summed E-state index contributed by atoms with van der Waals surface area (Å²) in [7, 11) is 0. The van der Waals surface area contributed by atoms with Crippen molar-refractivity contribution in [2.75, 3.05) is 13.2 Å². The van der Waals surface area contributed by atoms with E-state index >= 15 is 0 Å². The van der Waals surface area contributed by atoms with Crippen LogP contribution >= 0.6 is 0 Å². The van der Waals surface area contributed by atoms with Crippen LogP contribution in [-0.2, 0) is 23.9 Å². The summed E-state index contributed by atoms with van der Waals surface area (Å²) in [6.07, 6.45) is 0.546. The van der Waals surface area contributed by atoms with Gasteiger partial charge in [0.15, 0.2) is 0 Å². The third kappa shape index (κ3) is 2.22. The largest absolute Gasteiger partial charge is 0.458 e. The van der Waals surface area contributed by atoms with Gasteiger partial charge in [-0.1, -0.05) is 12.1 Å².